The number of amides is 2. The molecule has 1 aliphatic rings. The van der Waals surface area contributed by atoms with Gasteiger partial charge in [0, 0.05) is 26.2 Å². The summed E-state index contributed by atoms with van der Waals surface area (Å²) < 4.78 is 12.3. The van der Waals surface area contributed by atoms with Gasteiger partial charge in [-0.25, -0.2) is 0 Å². The van der Waals surface area contributed by atoms with Gasteiger partial charge in [0.05, 0.1) is 6.67 Å². The number of hydrogen-bond donors (Lipinski definition) is 3. The maximum atomic E-state index is 12.3. The zero-order valence-electron chi connectivity index (χ0n) is 13.8. The highest BCUT2D eigenvalue weighted by Crippen LogP contribution is 2.24. The Morgan fingerprint density at radius 2 is 1.92 bits per heavy atom. The number of hydrogen-bond acceptors (Lipinski definition) is 3. The molecular formula is C18H21FN4O2. The first-order valence-electron chi connectivity index (χ1n) is 8.23. The van der Waals surface area contributed by atoms with Crippen molar-refractivity contribution in [2.75, 3.05) is 13.2 Å². The normalized spacial score (nSPS) is 13.6. The number of rotatable bonds is 7. The van der Waals surface area contributed by atoms with E-state index >= 15 is 0 Å². The van der Waals surface area contributed by atoms with Crippen LogP contribution in [0, 0.1) is 0 Å². The first kappa shape index (κ1) is 17.2. The molecular weight excluding hydrogens is 323 g/mol. The Bertz CT molecular complexity index is 787. The first-order valence-corrected chi connectivity index (χ1v) is 8.23. The molecule has 1 aromatic carbocycles. The van der Waals surface area contributed by atoms with Gasteiger partial charge in [-0.3, -0.25) is 18.9 Å². The molecule has 2 aromatic rings. The van der Waals surface area contributed by atoms with Gasteiger partial charge in [-0.2, -0.15) is 0 Å². The highest BCUT2D eigenvalue weighted by Gasteiger charge is 2.18. The highest BCUT2D eigenvalue weighted by molar-refractivity contribution is 5.96. The molecule has 1 aromatic heterocycles. The minimum absolute atomic E-state index is 0.205. The molecule has 0 atom stereocenters. The summed E-state index contributed by atoms with van der Waals surface area (Å²) >= 11 is 0. The van der Waals surface area contributed by atoms with Gasteiger partial charge >= 0.3 is 0 Å². The van der Waals surface area contributed by atoms with Crippen molar-refractivity contribution in [3.8, 4) is 0 Å². The fraction of sp³-hybridized carbons (Fsp3) is 0.333. The molecule has 7 heteroatoms. The molecule has 0 spiro atoms. The van der Waals surface area contributed by atoms with Crippen molar-refractivity contribution in [1.29, 1.82) is 0 Å². The van der Waals surface area contributed by atoms with E-state index in [1.165, 1.54) is 23.3 Å². The van der Waals surface area contributed by atoms with E-state index in [4.69, 9.17) is 5.73 Å². The predicted molar refractivity (Wildman–Crippen MR) is 91.6 cm³/mol. The van der Waals surface area contributed by atoms with Crippen LogP contribution in [0.25, 0.3) is 0 Å². The van der Waals surface area contributed by atoms with Crippen molar-refractivity contribution in [2.45, 2.75) is 26.1 Å². The van der Waals surface area contributed by atoms with Crippen LogP contribution in [-0.4, -0.2) is 34.9 Å². The number of nitrogens with two attached hydrogens (primary N) is 1. The van der Waals surface area contributed by atoms with Crippen molar-refractivity contribution in [3.63, 3.8) is 0 Å². The van der Waals surface area contributed by atoms with Crippen LogP contribution in [-0.2, 0) is 19.6 Å². The summed E-state index contributed by atoms with van der Waals surface area (Å²) in [6.07, 6.45) is 0.556. The maximum absolute atomic E-state index is 12.3. The summed E-state index contributed by atoms with van der Waals surface area (Å²) in [6.45, 7) is 2.52. The third-order valence-corrected chi connectivity index (χ3v) is 4.32. The van der Waals surface area contributed by atoms with Crippen LogP contribution in [0.15, 0.2) is 30.3 Å². The number of nitrogens with zero attached hydrogens (tertiary/aromatic N) is 1. The highest BCUT2D eigenvalue weighted by atomic mass is 19.1. The van der Waals surface area contributed by atoms with Crippen LogP contribution >= 0.6 is 0 Å². The number of aromatic nitrogens is 1. The minimum atomic E-state index is -0.602. The van der Waals surface area contributed by atoms with Crippen molar-refractivity contribution >= 4 is 11.8 Å². The molecule has 0 fully saturated rings. The molecule has 0 aliphatic carbocycles. The summed E-state index contributed by atoms with van der Waals surface area (Å²) in [5, 5.41) is 2.82. The molecule has 0 bridgehead atoms. The number of aromatic amines is 1. The third-order valence-electron chi connectivity index (χ3n) is 4.32. The maximum Gasteiger partial charge on any atom is 0.267 e. The zero-order chi connectivity index (χ0) is 17.8. The molecule has 2 heterocycles. The summed E-state index contributed by atoms with van der Waals surface area (Å²) in [5.41, 5.74) is 9.14. The molecule has 0 saturated heterocycles. The van der Waals surface area contributed by atoms with E-state index in [1.54, 1.807) is 0 Å². The van der Waals surface area contributed by atoms with Crippen LogP contribution in [0.4, 0.5) is 4.39 Å². The fourth-order valence-corrected chi connectivity index (χ4v) is 3.02. The second kappa shape index (κ2) is 7.48. The van der Waals surface area contributed by atoms with E-state index < -0.39 is 5.91 Å². The smallest absolute Gasteiger partial charge is 0.267 e. The van der Waals surface area contributed by atoms with E-state index in [2.05, 4.69) is 27.3 Å². The molecule has 132 valence electrons. The Labute approximate surface area is 145 Å². The van der Waals surface area contributed by atoms with Crippen LogP contribution in [0.1, 0.15) is 44.1 Å². The lowest BCUT2D eigenvalue weighted by atomic mass is 10.1. The number of halogens is 1. The standard InChI is InChI=1S/C18H21FN4O2/c19-6-1-7-23-10-13-3-2-12(8-14(13)11-23)9-21-18(25)16-5-4-15(22-16)17(20)24/h2-5,8,22H,1,6-7,9-11H2,(H2,20,24)(H,21,25). The molecule has 2 amide bonds. The first-order chi connectivity index (χ1) is 12.1. The quantitative estimate of drug-likeness (QED) is 0.714. The van der Waals surface area contributed by atoms with E-state index in [0.717, 1.165) is 25.2 Å². The van der Waals surface area contributed by atoms with Gasteiger partial charge < -0.3 is 16.0 Å². The van der Waals surface area contributed by atoms with Crippen molar-refractivity contribution in [2.24, 2.45) is 5.73 Å². The fourth-order valence-electron chi connectivity index (χ4n) is 3.02. The van der Waals surface area contributed by atoms with Crippen molar-refractivity contribution in [3.05, 3.63) is 58.4 Å². The number of fused-ring (bicyclic) bond motifs is 1. The van der Waals surface area contributed by atoms with Gasteiger partial charge in [0.2, 0.25) is 0 Å². The SMILES string of the molecule is NC(=O)c1ccc(C(=O)NCc2ccc3c(c2)CN(CCCF)C3)[nH]1. The van der Waals surface area contributed by atoms with Gasteiger partial charge in [0.15, 0.2) is 0 Å². The molecule has 0 saturated carbocycles. The van der Waals surface area contributed by atoms with Crippen molar-refractivity contribution in [1.82, 2.24) is 15.2 Å². The van der Waals surface area contributed by atoms with Crippen LogP contribution in [0.5, 0.6) is 0 Å². The second-order valence-electron chi connectivity index (χ2n) is 6.19. The van der Waals surface area contributed by atoms with Gasteiger partial charge in [-0.15, -0.1) is 0 Å². The summed E-state index contributed by atoms with van der Waals surface area (Å²) in [4.78, 5) is 28.1. The van der Waals surface area contributed by atoms with Gasteiger partial charge in [-0.1, -0.05) is 18.2 Å². The molecule has 0 unspecified atom stereocenters. The monoisotopic (exact) mass is 344 g/mol. The summed E-state index contributed by atoms with van der Waals surface area (Å²) in [7, 11) is 0. The van der Waals surface area contributed by atoms with Gasteiger partial charge in [0.25, 0.3) is 11.8 Å². The lowest BCUT2D eigenvalue weighted by molar-refractivity contribution is 0.0946. The van der Waals surface area contributed by atoms with Crippen molar-refractivity contribution < 1.29 is 14.0 Å². The molecule has 3 rings (SSSR count). The Morgan fingerprint density at radius 1 is 1.16 bits per heavy atom. The van der Waals surface area contributed by atoms with E-state index in [0.29, 0.717) is 18.7 Å². The van der Waals surface area contributed by atoms with Crippen LogP contribution in [0.2, 0.25) is 0 Å². The Balaban J connectivity index is 1.57. The number of H-pyrrole nitrogens is 1. The van der Waals surface area contributed by atoms with Gasteiger partial charge in [-0.05, 0) is 35.2 Å². The zero-order valence-corrected chi connectivity index (χ0v) is 13.8. The third kappa shape index (κ3) is 4.06. The van der Waals surface area contributed by atoms with Gasteiger partial charge in [0.1, 0.15) is 11.4 Å². The number of alkyl halides is 1. The molecule has 6 nitrogen and oxygen atoms in total. The summed E-state index contributed by atoms with van der Waals surface area (Å²) in [6, 6.07) is 9.14. The summed E-state index contributed by atoms with van der Waals surface area (Å²) in [5.74, 6) is -0.896. The number of carbonyl (C=O) groups excluding carboxylic acids is 2. The average Bonchev–Trinajstić information content (AvgIpc) is 3.24. The topological polar surface area (TPSA) is 91.2 Å². The Morgan fingerprint density at radius 3 is 2.64 bits per heavy atom. The van der Waals surface area contributed by atoms with E-state index in [-0.39, 0.29) is 18.3 Å². The van der Waals surface area contributed by atoms with E-state index in [1.807, 2.05) is 6.07 Å². The average molecular weight is 344 g/mol. The number of primary amides is 1. The van der Waals surface area contributed by atoms with E-state index in [9.17, 15) is 14.0 Å². The Hall–Kier alpha value is -2.67. The van der Waals surface area contributed by atoms with Crippen LogP contribution < -0.4 is 11.1 Å². The molecule has 0 radical (unpaired) electrons. The lowest BCUT2D eigenvalue weighted by Gasteiger charge is -2.12. The predicted octanol–water partition coefficient (Wildman–Crippen LogP) is 1.72. The Kier molecular flexibility index (Phi) is 5.14. The second-order valence-corrected chi connectivity index (χ2v) is 6.19. The molecule has 1 aliphatic heterocycles. The molecule has 25 heavy (non-hydrogen) atoms. The molecule has 4 N–H and O–H groups in total. The number of benzene rings is 1. The lowest BCUT2D eigenvalue weighted by Crippen LogP contribution is -2.23. The minimum Gasteiger partial charge on any atom is -0.364 e. The largest absolute Gasteiger partial charge is 0.364 e. The number of nitrogens with one attached hydrogen (secondary N) is 2. The number of carbonyl (C=O) groups is 2. The van der Waals surface area contributed by atoms with Crippen LogP contribution in [0.3, 0.4) is 0 Å².